The summed E-state index contributed by atoms with van der Waals surface area (Å²) in [5, 5.41) is 0. The summed E-state index contributed by atoms with van der Waals surface area (Å²) in [6, 6.07) is 2.05. The fraction of sp³-hybridized carbons (Fsp3) is 0.364. The Balaban J connectivity index is 3.53. The molecule has 0 aliphatic rings. The van der Waals surface area contributed by atoms with E-state index in [1.54, 1.807) is 6.92 Å². The van der Waals surface area contributed by atoms with E-state index in [4.69, 9.17) is 0 Å². The van der Waals surface area contributed by atoms with E-state index in [1.165, 1.54) is 5.56 Å². The Morgan fingerprint density at radius 3 is 2.23 bits per heavy atom. The van der Waals surface area contributed by atoms with Gasteiger partial charge in [-0.2, -0.15) is 0 Å². The van der Waals surface area contributed by atoms with Crippen molar-refractivity contribution in [3.8, 4) is 0 Å². The standard InChI is InChI=1S/C11H13BrO/c1-6-5-7(2)10(9(4)13)11(12)8(6)3/h5H,1-4H3. The number of hydrogen-bond acceptors (Lipinski definition) is 1. The fourth-order valence-corrected chi connectivity index (χ4v) is 2.38. The van der Waals surface area contributed by atoms with Crippen LogP contribution in [0.25, 0.3) is 0 Å². The number of benzene rings is 1. The molecule has 0 spiro atoms. The number of carbonyl (C=O) groups excluding carboxylic acids is 1. The van der Waals surface area contributed by atoms with Gasteiger partial charge in [-0.05, 0) is 60.3 Å². The van der Waals surface area contributed by atoms with Crippen molar-refractivity contribution in [3.63, 3.8) is 0 Å². The second-order valence-corrected chi connectivity index (χ2v) is 4.17. The Bertz CT molecular complexity index is 367. The summed E-state index contributed by atoms with van der Waals surface area (Å²) >= 11 is 3.46. The van der Waals surface area contributed by atoms with Gasteiger partial charge in [-0.25, -0.2) is 0 Å². The highest BCUT2D eigenvalue weighted by Crippen LogP contribution is 2.27. The summed E-state index contributed by atoms with van der Waals surface area (Å²) in [7, 11) is 0. The van der Waals surface area contributed by atoms with Gasteiger partial charge >= 0.3 is 0 Å². The van der Waals surface area contributed by atoms with Crippen molar-refractivity contribution in [2.75, 3.05) is 0 Å². The average Bonchev–Trinajstić information content (AvgIpc) is 1.99. The number of halogens is 1. The van der Waals surface area contributed by atoms with Crippen LogP contribution in [0.15, 0.2) is 10.5 Å². The van der Waals surface area contributed by atoms with Crippen molar-refractivity contribution >= 4 is 21.7 Å². The molecular weight excluding hydrogens is 228 g/mol. The van der Waals surface area contributed by atoms with Gasteiger partial charge in [0.25, 0.3) is 0 Å². The molecule has 0 saturated carbocycles. The molecule has 0 N–H and O–H groups in total. The van der Waals surface area contributed by atoms with Crippen LogP contribution in [0.5, 0.6) is 0 Å². The lowest BCUT2D eigenvalue weighted by molar-refractivity contribution is 0.101. The molecule has 0 aromatic heterocycles. The number of ketones is 1. The maximum absolute atomic E-state index is 11.3. The lowest BCUT2D eigenvalue weighted by Crippen LogP contribution is -2.00. The molecule has 1 aromatic rings. The highest BCUT2D eigenvalue weighted by atomic mass is 79.9. The minimum Gasteiger partial charge on any atom is -0.294 e. The van der Waals surface area contributed by atoms with Crippen molar-refractivity contribution in [2.24, 2.45) is 0 Å². The maximum Gasteiger partial charge on any atom is 0.161 e. The SMILES string of the molecule is CC(=O)c1c(C)cc(C)c(C)c1Br. The molecule has 2 heteroatoms. The first-order chi connectivity index (χ1) is 5.95. The average molecular weight is 241 g/mol. The minimum absolute atomic E-state index is 0.118. The van der Waals surface area contributed by atoms with E-state index >= 15 is 0 Å². The third-order valence-electron chi connectivity index (χ3n) is 2.32. The Hall–Kier alpha value is -0.630. The number of carbonyl (C=O) groups is 1. The summed E-state index contributed by atoms with van der Waals surface area (Å²) in [6.45, 7) is 7.64. The number of rotatable bonds is 1. The third kappa shape index (κ3) is 1.83. The van der Waals surface area contributed by atoms with E-state index in [2.05, 4.69) is 28.9 Å². The number of hydrogen-bond donors (Lipinski definition) is 0. The van der Waals surface area contributed by atoms with E-state index in [-0.39, 0.29) is 5.78 Å². The molecule has 0 unspecified atom stereocenters. The predicted molar refractivity (Wildman–Crippen MR) is 58.4 cm³/mol. The first-order valence-corrected chi connectivity index (χ1v) is 5.01. The zero-order valence-electron chi connectivity index (χ0n) is 8.36. The van der Waals surface area contributed by atoms with E-state index < -0.39 is 0 Å². The second-order valence-electron chi connectivity index (χ2n) is 3.38. The lowest BCUT2D eigenvalue weighted by Gasteiger charge is -2.10. The molecular formula is C11H13BrO. The van der Waals surface area contributed by atoms with Gasteiger partial charge in [-0.1, -0.05) is 6.07 Å². The maximum atomic E-state index is 11.3. The topological polar surface area (TPSA) is 17.1 Å². The summed E-state index contributed by atoms with van der Waals surface area (Å²) in [5.41, 5.74) is 4.22. The predicted octanol–water partition coefficient (Wildman–Crippen LogP) is 3.58. The van der Waals surface area contributed by atoms with Crippen molar-refractivity contribution in [1.82, 2.24) is 0 Å². The van der Waals surface area contributed by atoms with Crippen molar-refractivity contribution < 1.29 is 4.79 Å². The molecule has 1 aromatic carbocycles. The van der Waals surface area contributed by atoms with Gasteiger partial charge in [-0.3, -0.25) is 4.79 Å². The first kappa shape index (κ1) is 10.5. The fourth-order valence-electron chi connectivity index (χ4n) is 1.47. The van der Waals surface area contributed by atoms with Gasteiger partial charge in [0.05, 0.1) is 0 Å². The minimum atomic E-state index is 0.118. The molecule has 1 rings (SSSR count). The molecule has 13 heavy (non-hydrogen) atoms. The molecule has 0 amide bonds. The molecule has 0 heterocycles. The molecule has 0 atom stereocenters. The summed E-state index contributed by atoms with van der Waals surface area (Å²) in [6.07, 6.45) is 0. The second kappa shape index (κ2) is 3.62. The van der Waals surface area contributed by atoms with E-state index in [9.17, 15) is 4.79 Å². The summed E-state index contributed by atoms with van der Waals surface area (Å²) in [5.74, 6) is 0.118. The van der Waals surface area contributed by atoms with Crippen LogP contribution >= 0.6 is 15.9 Å². The lowest BCUT2D eigenvalue weighted by atomic mass is 9.99. The Morgan fingerprint density at radius 2 is 1.77 bits per heavy atom. The quantitative estimate of drug-likeness (QED) is 0.687. The molecule has 1 nitrogen and oxygen atoms in total. The first-order valence-electron chi connectivity index (χ1n) is 4.22. The molecule has 70 valence electrons. The van der Waals surface area contributed by atoms with E-state index in [0.717, 1.165) is 21.2 Å². The normalized spacial score (nSPS) is 10.2. The van der Waals surface area contributed by atoms with E-state index in [1.807, 2.05) is 13.8 Å². The van der Waals surface area contributed by atoms with Crippen molar-refractivity contribution in [3.05, 3.63) is 32.8 Å². The number of aryl methyl sites for hydroxylation is 2. The van der Waals surface area contributed by atoms with Crippen LogP contribution in [0, 0.1) is 20.8 Å². The Kier molecular flexibility index (Phi) is 2.91. The van der Waals surface area contributed by atoms with E-state index in [0.29, 0.717) is 0 Å². The highest BCUT2D eigenvalue weighted by Gasteiger charge is 2.12. The van der Waals surface area contributed by atoms with Gasteiger partial charge in [0.1, 0.15) is 0 Å². The van der Waals surface area contributed by atoms with Gasteiger partial charge in [0.15, 0.2) is 5.78 Å². The largest absolute Gasteiger partial charge is 0.294 e. The van der Waals surface area contributed by atoms with Gasteiger partial charge in [0, 0.05) is 10.0 Å². The summed E-state index contributed by atoms with van der Waals surface area (Å²) < 4.78 is 0.942. The van der Waals surface area contributed by atoms with Crippen LogP contribution in [-0.2, 0) is 0 Å². The van der Waals surface area contributed by atoms with Gasteiger partial charge in [-0.15, -0.1) is 0 Å². The van der Waals surface area contributed by atoms with Crippen LogP contribution < -0.4 is 0 Å². The molecule has 0 fully saturated rings. The van der Waals surface area contributed by atoms with Crippen LogP contribution in [0.1, 0.15) is 34.0 Å². The zero-order valence-corrected chi connectivity index (χ0v) is 9.95. The molecule has 0 aliphatic heterocycles. The smallest absolute Gasteiger partial charge is 0.161 e. The van der Waals surface area contributed by atoms with Crippen molar-refractivity contribution in [2.45, 2.75) is 27.7 Å². The van der Waals surface area contributed by atoms with Gasteiger partial charge in [0.2, 0.25) is 0 Å². The van der Waals surface area contributed by atoms with Crippen LogP contribution in [-0.4, -0.2) is 5.78 Å². The van der Waals surface area contributed by atoms with Crippen molar-refractivity contribution in [1.29, 1.82) is 0 Å². The third-order valence-corrected chi connectivity index (χ3v) is 3.31. The van der Waals surface area contributed by atoms with Crippen LogP contribution in [0.4, 0.5) is 0 Å². The molecule has 0 radical (unpaired) electrons. The zero-order chi connectivity index (χ0) is 10.2. The van der Waals surface area contributed by atoms with Gasteiger partial charge < -0.3 is 0 Å². The Labute approximate surface area is 87.3 Å². The molecule has 0 aliphatic carbocycles. The Morgan fingerprint density at radius 1 is 1.23 bits per heavy atom. The van der Waals surface area contributed by atoms with Crippen LogP contribution in [0.3, 0.4) is 0 Å². The monoisotopic (exact) mass is 240 g/mol. The summed E-state index contributed by atoms with van der Waals surface area (Å²) in [4.78, 5) is 11.3. The highest BCUT2D eigenvalue weighted by molar-refractivity contribution is 9.10. The number of Topliss-reactive ketones (excluding diaryl/α,β-unsaturated/α-hetero) is 1. The molecule has 0 saturated heterocycles. The van der Waals surface area contributed by atoms with Crippen LogP contribution in [0.2, 0.25) is 0 Å². The molecule has 0 bridgehead atoms.